The number of phenols is 1. The monoisotopic (exact) mass is 780 g/mol. The first-order valence-electron chi connectivity index (χ1n) is 19.4. The van der Waals surface area contributed by atoms with Gasteiger partial charge in [-0.05, 0) is 34.7 Å². The second kappa shape index (κ2) is 20.6. The van der Waals surface area contributed by atoms with E-state index in [1.165, 1.54) is 13.0 Å². The maximum absolute atomic E-state index is 13.1. The predicted molar refractivity (Wildman–Crippen MR) is 219 cm³/mol. The van der Waals surface area contributed by atoms with Crippen LogP contribution in [0, 0.1) is 0 Å². The van der Waals surface area contributed by atoms with Crippen LogP contribution in [-0.2, 0) is 56.7 Å². The standard InChI is InChI=1S/C49H48O9/c1-35(50)45-42(51)27-41(53-30-37-19-9-3-10-20-37)28-43(45)57-49-48(56-33-40-25-15-6-16-26-40)47(55-32-39-23-13-5-14-24-39)46(54-31-38-21-11-4-12-22-38)44(58-49)34-52-29-36-17-7-2-8-18-36/h2-28,44,46-49,51H,29-34H2,1H3/t44-,46-,47+,48-,49+/m1/s1. The number of phenolic OH excluding ortho intramolecular Hbond substituents is 1. The largest absolute Gasteiger partial charge is 0.507 e. The molecule has 9 heteroatoms. The van der Waals surface area contributed by atoms with Crippen LogP contribution in [0.4, 0.5) is 0 Å². The Morgan fingerprint density at radius 3 is 1.47 bits per heavy atom. The minimum absolute atomic E-state index is 0.0152. The molecular weight excluding hydrogens is 733 g/mol. The Hall–Kier alpha value is -5.81. The van der Waals surface area contributed by atoms with E-state index in [0.717, 1.165) is 27.8 Å². The third-order valence-electron chi connectivity index (χ3n) is 9.74. The highest BCUT2D eigenvalue weighted by Crippen LogP contribution is 2.38. The van der Waals surface area contributed by atoms with Gasteiger partial charge in [0.05, 0.1) is 33.0 Å². The van der Waals surface area contributed by atoms with E-state index in [1.54, 1.807) is 6.07 Å². The highest BCUT2D eigenvalue weighted by Gasteiger charge is 2.50. The van der Waals surface area contributed by atoms with Crippen LogP contribution in [0.2, 0.25) is 0 Å². The van der Waals surface area contributed by atoms with Crippen molar-refractivity contribution >= 4 is 5.78 Å². The molecule has 1 aliphatic heterocycles. The molecule has 1 saturated heterocycles. The normalized spacial score (nSPS) is 19.0. The first-order chi connectivity index (χ1) is 28.5. The third kappa shape index (κ3) is 11.2. The molecule has 1 heterocycles. The average Bonchev–Trinajstić information content (AvgIpc) is 3.25. The topological polar surface area (TPSA) is 102 Å². The van der Waals surface area contributed by atoms with Crippen molar-refractivity contribution in [3.63, 3.8) is 0 Å². The molecule has 6 aromatic rings. The van der Waals surface area contributed by atoms with Crippen LogP contribution in [0.25, 0.3) is 0 Å². The van der Waals surface area contributed by atoms with Gasteiger partial charge < -0.3 is 38.3 Å². The molecule has 0 aliphatic carbocycles. The quantitative estimate of drug-likeness (QED) is 0.0807. The Balaban J connectivity index is 1.25. The van der Waals surface area contributed by atoms with Crippen molar-refractivity contribution in [2.24, 2.45) is 0 Å². The minimum Gasteiger partial charge on any atom is -0.507 e. The number of ketones is 1. The summed E-state index contributed by atoms with van der Waals surface area (Å²) in [6, 6.07) is 52.1. The third-order valence-corrected chi connectivity index (χ3v) is 9.74. The zero-order valence-electron chi connectivity index (χ0n) is 32.4. The molecule has 6 aromatic carbocycles. The SMILES string of the molecule is CC(=O)c1c(O)cc(OCc2ccccc2)cc1O[C@H]1O[C@H](COCc2ccccc2)[C@@H](OCc2ccccc2)[C@H](OCc2ccccc2)[C@H]1OCc1ccccc1. The molecule has 0 spiro atoms. The number of Topliss-reactive ketones (excluding diaryl/α,β-unsaturated/α-hetero) is 1. The summed E-state index contributed by atoms with van der Waals surface area (Å²) in [5, 5.41) is 11.2. The smallest absolute Gasteiger partial charge is 0.229 e. The Morgan fingerprint density at radius 2 is 0.983 bits per heavy atom. The zero-order chi connectivity index (χ0) is 39.9. The fourth-order valence-corrected chi connectivity index (χ4v) is 6.81. The Morgan fingerprint density at radius 1 is 0.552 bits per heavy atom. The van der Waals surface area contributed by atoms with Crippen LogP contribution >= 0.6 is 0 Å². The molecule has 0 saturated carbocycles. The van der Waals surface area contributed by atoms with Gasteiger partial charge in [-0.2, -0.15) is 0 Å². The minimum atomic E-state index is -1.16. The fourth-order valence-electron chi connectivity index (χ4n) is 6.81. The molecule has 298 valence electrons. The molecule has 7 rings (SSSR count). The molecule has 0 unspecified atom stereocenters. The van der Waals surface area contributed by atoms with Gasteiger partial charge in [-0.15, -0.1) is 0 Å². The number of ether oxygens (including phenoxy) is 7. The van der Waals surface area contributed by atoms with E-state index >= 15 is 0 Å². The fraction of sp³-hybridized carbons (Fsp3) is 0.245. The van der Waals surface area contributed by atoms with Crippen molar-refractivity contribution in [3.05, 3.63) is 197 Å². The molecule has 0 radical (unpaired) electrons. The number of hydrogen-bond acceptors (Lipinski definition) is 9. The summed E-state index contributed by atoms with van der Waals surface area (Å²) < 4.78 is 46.3. The Labute approximate surface area is 339 Å². The summed E-state index contributed by atoms with van der Waals surface area (Å²) in [5.74, 6) is -0.302. The van der Waals surface area contributed by atoms with E-state index < -0.39 is 36.5 Å². The van der Waals surface area contributed by atoms with Gasteiger partial charge in [0.2, 0.25) is 6.29 Å². The van der Waals surface area contributed by atoms with E-state index in [2.05, 4.69) is 0 Å². The molecule has 9 nitrogen and oxygen atoms in total. The number of carbonyl (C=O) groups excluding carboxylic acids is 1. The van der Waals surface area contributed by atoms with E-state index in [-0.39, 0.29) is 50.1 Å². The predicted octanol–water partition coefficient (Wildman–Crippen LogP) is 9.25. The number of rotatable bonds is 19. The van der Waals surface area contributed by atoms with Gasteiger partial charge in [0.1, 0.15) is 53.8 Å². The lowest BCUT2D eigenvalue weighted by atomic mass is 9.97. The van der Waals surface area contributed by atoms with Gasteiger partial charge in [0.15, 0.2) is 5.78 Å². The van der Waals surface area contributed by atoms with Crippen molar-refractivity contribution in [2.75, 3.05) is 6.61 Å². The van der Waals surface area contributed by atoms with E-state index in [4.69, 9.17) is 33.2 Å². The highest BCUT2D eigenvalue weighted by molar-refractivity contribution is 5.99. The zero-order valence-corrected chi connectivity index (χ0v) is 32.4. The van der Waals surface area contributed by atoms with Gasteiger partial charge in [0, 0.05) is 12.1 Å². The molecule has 5 atom stereocenters. The van der Waals surface area contributed by atoms with E-state index in [9.17, 15) is 9.90 Å². The van der Waals surface area contributed by atoms with Crippen LogP contribution in [0.15, 0.2) is 164 Å². The first-order valence-corrected chi connectivity index (χ1v) is 19.4. The molecule has 0 bridgehead atoms. The van der Waals surface area contributed by atoms with Crippen LogP contribution in [0.1, 0.15) is 45.1 Å². The second-order valence-electron chi connectivity index (χ2n) is 14.1. The van der Waals surface area contributed by atoms with Gasteiger partial charge in [0.25, 0.3) is 0 Å². The molecule has 1 aliphatic rings. The summed E-state index contributed by atoms with van der Waals surface area (Å²) in [5.41, 5.74) is 4.78. The Kier molecular flexibility index (Phi) is 14.3. The van der Waals surface area contributed by atoms with Gasteiger partial charge >= 0.3 is 0 Å². The van der Waals surface area contributed by atoms with E-state index in [0.29, 0.717) is 12.4 Å². The summed E-state index contributed by atoms with van der Waals surface area (Å²) in [7, 11) is 0. The summed E-state index contributed by atoms with van der Waals surface area (Å²) in [4.78, 5) is 13.1. The van der Waals surface area contributed by atoms with Crippen molar-refractivity contribution in [1.29, 1.82) is 0 Å². The summed E-state index contributed by atoms with van der Waals surface area (Å²) in [6.07, 6.45) is -4.23. The lowest BCUT2D eigenvalue weighted by molar-refractivity contribution is -0.310. The first kappa shape index (κ1) is 40.4. The number of benzene rings is 6. The average molecular weight is 781 g/mol. The Bertz CT molecular complexity index is 2130. The highest BCUT2D eigenvalue weighted by atomic mass is 16.7. The number of hydrogen-bond donors (Lipinski definition) is 1. The molecule has 58 heavy (non-hydrogen) atoms. The number of aromatic hydroxyl groups is 1. The summed E-state index contributed by atoms with van der Waals surface area (Å²) >= 11 is 0. The van der Waals surface area contributed by atoms with Crippen LogP contribution in [0.3, 0.4) is 0 Å². The molecule has 1 fully saturated rings. The van der Waals surface area contributed by atoms with Crippen molar-refractivity contribution < 1.29 is 43.1 Å². The lowest BCUT2D eigenvalue weighted by Gasteiger charge is -2.45. The van der Waals surface area contributed by atoms with Crippen LogP contribution in [-0.4, -0.2) is 48.2 Å². The van der Waals surface area contributed by atoms with Crippen LogP contribution in [0.5, 0.6) is 17.2 Å². The van der Waals surface area contributed by atoms with Crippen molar-refractivity contribution in [3.8, 4) is 17.2 Å². The van der Waals surface area contributed by atoms with E-state index in [1.807, 2.05) is 152 Å². The van der Waals surface area contributed by atoms with Gasteiger partial charge in [-0.3, -0.25) is 4.79 Å². The van der Waals surface area contributed by atoms with Crippen molar-refractivity contribution in [2.45, 2.75) is 70.7 Å². The molecule has 1 N–H and O–H groups in total. The lowest BCUT2D eigenvalue weighted by Crippen LogP contribution is -2.62. The molecule has 0 aromatic heterocycles. The molecule has 0 amide bonds. The van der Waals surface area contributed by atoms with Crippen molar-refractivity contribution in [1.82, 2.24) is 0 Å². The maximum atomic E-state index is 13.1. The molecular formula is C49H48O9. The maximum Gasteiger partial charge on any atom is 0.229 e. The van der Waals surface area contributed by atoms with Crippen LogP contribution < -0.4 is 9.47 Å². The number of carbonyl (C=O) groups is 1. The van der Waals surface area contributed by atoms with Gasteiger partial charge in [-0.1, -0.05) is 152 Å². The van der Waals surface area contributed by atoms with Gasteiger partial charge in [-0.25, -0.2) is 0 Å². The second-order valence-corrected chi connectivity index (χ2v) is 14.1. The summed E-state index contributed by atoms with van der Waals surface area (Å²) in [6.45, 7) is 2.78.